The molecule has 1 aliphatic carbocycles. The number of nitrogens with zero attached hydrogens (tertiary/aromatic N) is 1. The molecule has 0 amide bonds. The molecule has 5 aromatic carbocycles. The Bertz CT molecular complexity index is 2020. The summed E-state index contributed by atoms with van der Waals surface area (Å²) in [6, 6.07) is 42.0. The number of rotatable bonds is 3. The van der Waals surface area contributed by atoms with E-state index in [2.05, 4.69) is 137 Å². The number of hydrogen-bond acceptors (Lipinski definition) is 0. The van der Waals surface area contributed by atoms with E-state index in [0.717, 1.165) is 12.8 Å². The van der Waals surface area contributed by atoms with Crippen LogP contribution in [0.1, 0.15) is 17.7 Å². The van der Waals surface area contributed by atoms with E-state index in [-0.39, 0.29) is 0 Å². The maximum Gasteiger partial charge on any atom is 0.0541 e. The number of fused-ring (bicyclic) bond motifs is 6. The molecule has 0 spiro atoms. The first-order valence-electron chi connectivity index (χ1n) is 13.3. The molecule has 0 aliphatic heterocycles. The van der Waals surface area contributed by atoms with Crippen molar-refractivity contribution >= 4 is 38.8 Å². The van der Waals surface area contributed by atoms with Crippen LogP contribution in [0.5, 0.6) is 0 Å². The van der Waals surface area contributed by atoms with Gasteiger partial charge in [0.2, 0.25) is 0 Å². The second kappa shape index (κ2) is 8.36. The second-order valence-corrected chi connectivity index (χ2v) is 10.2. The molecule has 0 saturated carbocycles. The van der Waals surface area contributed by atoms with Crippen molar-refractivity contribution in [3.05, 3.63) is 133 Å². The van der Waals surface area contributed by atoms with Gasteiger partial charge in [-0.3, -0.25) is 0 Å². The van der Waals surface area contributed by atoms with E-state index in [1.54, 1.807) is 0 Å². The Morgan fingerprint density at radius 2 is 1.29 bits per heavy atom. The molecule has 180 valence electrons. The Morgan fingerprint density at radius 3 is 2.21 bits per heavy atom. The number of aromatic amines is 1. The molecular formula is C36H26N2. The summed E-state index contributed by atoms with van der Waals surface area (Å²) in [6.45, 7) is 0. The van der Waals surface area contributed by atoms with Gasteiger partial charge in [-0.1, -0.05) is 78.9 Å². The Kier molecular flexibility index (Phi) is 4.68. The van der Waals surface area contributed by atoms with Crippen molar-refractivity contribution in [3.63, 3.8) is 0 Å². The molecule has 0 fully saturated rings. The Morgan fingerprint density at radius 1 is 0.553 bits per heavy atom. The zero-order chi connectivity index (χ0) is 25.1. The molecule has 0 unspecified atom stereocenters. The lowest BCUT2D eigenvalue weighted by Crippen LogP contribution is -1.94. The first-order valence-corrected chi connectivity index (χ1v) is 13.3. The van der Waals surface area contributed by atoms with E-state index in [9.17, 15) is 0 Å². The molecule has 8 rings (SSSR count). The molecule has 2 heteroatoms. The first-order chi connectivity index (χ1) is 18.8. The zero-order valence-electron chi connectivity index (χ0n) is 21.0. The minimum Gasteiger partial charge on any atom is -0.355 e. The van der Waals surface area contributed by atoms with Crippen molar-refractivity contribution in [1.82, 2.24) is 9.55 Å². The van der Waals surface area contributed by atoms with Gasteiger partial charge in [-0.2, -0.15) is 0 Å². The number of nitrogens with one attached hydrogen (secondary N) is 1. The number of para-hydroxylation sites is 1. The van der Waals surface area contributed by atoms with E-state index in [1.165, 1.54) is 71.9 Å². The van der Waals surface area contributed by atoms with Gasteiger partial charge in [0, 0.05) is 33.1 Å². The number of aromatic nitrogens is 2. The molecule has 0 atom stereocenters. The Hall–Kier alpha value is -4.82. The average Bonchev–Trinajstić information content (AvgIpc) is 3.53. The fraction of sp³-hybridized carbons (Fsp3) is 0.0556. The van der Waals surface area contributed by atoms with Gasteiger partial charge in [-0.25, -0.2) is 0 Å². The van der Waals surface area contributed by atoms with Gasteiger partial charge < -0.3 is 9.55 Å². The minimum atomic E-state index is 1.10. The van der Waals surface area contributed by atoms with Crippen molar-refractivity contribution in [3.8, 4) is 27.9 Å². The van der Waals surface area contributed by atoms with Crippen LogP contribution >= 0.6 is 0 Å². The summed E-state index contributed by atoms with van der Waals surface area (Å²) in [5.41, 5.74) is 12.5. The van der Waals surface area contributed by atoms with Gasteiger partial charge >= 0.3 is 0 Å². The molecule has 38 heavy (non-hydrogen) atoms. The monoisotopic (exact) mass is 486 g/mol. The first kappa shape index (κ1) is 21.3. The zero-order valence-corrected chi connectivity index (χ0v) is 21.0. The normalized spacial score (nSPS) is 12.9. The maximum atomic E-state index is 3.60. The van der Waals surface area contributed by atoms with Crippen LogP contribution in [0.3, 0.4) is 0 Å². The molecule has 0 saturated heterocycles. The molecule has 2 aromatic heterocycles. The van der Waals surface area contributed by atoms with Crippen molar-refractivity contribution in [2.45, 2.75) is 12.8 Å². The molecule has 1 N–H and O–H groups in total. The van der Waals surface area contributed by atoms with E-state index in [1.807, 2.05) is 0 Å². The standard InChI is InChI=1S/C36H26N2/c1-2-9-24(10-3-1)25-11-8-12-28(21-25)38-35-16-7-5-14-30(35)32-23-27(18-20-36(32)38)26-17-19-34-31(22-26)29-13-4-6-15-33(29)37-34/h1-3,5-12,14-23,37H,4,13H2. The second-order valence-electron chi connectivity index (χ2n) is 10.2. The highest BCUT2D eigenvalue weighted by Crippen LogP contribution is 2.37. The summed E-state index contributed by atoms with van der Waals surface area (Å²) in [5, 5.41) is 3.91. The highest BCUT2D eigenvalue weighted by Gasteiger charge is 2.16. The third-order valence-electron chi connectivity index (χ3n) is 8.00. The van der Waals surface area contributed by atoms with Crippen molar-refractivity contribution < 1.29 is 0 Å². The van der Waals surface area contributed by atoms with Crippen LogP contribution < -0.4 is 0 Å². The lowest BCUT2D eigenvalue weighted by atomic mass is 9.97. The summed E-state index contributed by atoms with van der Waals surface area (Å²) in [7, 11) is 0. The number of allylic oxidation sites excluding steroid dienone is 1. The van der Waals surface area contributed by atoms with Gasteiger partial charge in [-0.15, -0.1) is 0 Å². The lowest BCUT2D eigenvalue weighted by Gasteiger charge is -2.11. The topological polar surface area (TPSA) is 20.7 Å². The van der Waals surface area contributed by atoms with E-state index in [0.29, 0.717) is 0 Å². The largest absolute Gasteiger partial charge is 0.355 e. The lowest BCUT2D eigenvalue weighted by molar-refractivity contribution is 0.992. The van der Waals surface area contributed by atoms with Gasteiger partial charge in [0.05, 0.1) is 11.0 Å². The fourth-order valence-corrected chi connectivity index (χ4v) is 6.17. The van der Waals surface area contributed by atoms with Crippen LogP contribution in [0, 0.1) is 0 Å². The number of hydrogen-bond donors (Lipinski definition) is 1. The van der Waals surface area contributed by atoms with Gasteiger partial charge in [0.25, 0.3) is 0 Å². The predicted molar refractivity (Wildman–Crippen MR) is 161 cm³/mol. The van der Waals surface area contributed by atoms with Gasteiger partial charge in [0.15, 0.2) is 0 Å². The highest BCUT2D eigenvalue weighted by atomic mass is 15.0. The van der Waals surface area contributed by atoms with E-state index >= 15 is 0 Å². The number of benzene rings is 5. The number of aryl methyl sites for hydroxylation is 1. The van der Waals surface area contributed by atoms with Crippen molar-refractivity contribution in [2.75, 3.05) is 0 Å². The van der Waals surface area contributed by atoms with Crippen LogP contribution in [0.25, 0.3) is 66.7 Å². The van der Waals surface area contributed by atoms with Crippen LogP contribution in [0.15, 0.2) is 121 Å². The Balaban J connectivity index is 1.31. The predicted octanol–water partition coefficient (Wildman–Crippen LogP) is 9.56. The maximum absolute atomic E-state index is 3.60. The highest BCUT2D eigenvalue weighted by molar-refractivity contribution is 6.10. The average molecular weight is 487 g/mol. The van der Waals surface area contributed by atoms with Crippen LogP contribution in [-0.2, 0) is 6.42 Å². The van der Waals surface area contributed by atoms with Crippen molar-refractivity contribution in [1.29, 1.82) is 0 Å². The molecule has 0 radical (unpaired) electrons. The third-order valence-corrected chi connectivity index (χ3v) is 8.00. The van der Waals surface area contributed by atoms with Gasteiger partial charge in [0.1, 0.15) is 0 Å². The van der Waals surface area contributed by atoms with E-state index in [4.69, 9.17) is 0 Å². The van der Waals surface area contributed by atoms with Crippen molar-refractivity contribution in [2.24, 2.45) is 0 Å². The molecule has 2 heterocycles. The number of H-pyrrole nitrogens is 1. The summed E-state index contributed by atoms with van der Waals surface area (Å²) in [4.78, 5) is 3.60. The summed E-state index contributed by atoms with van der Waals surface area (Å²) < 4.78 is 2.40. The summed E-state index contributed by atoms with van der Waals surface area (Å²) >= 11 is 0. The molecule has 0 bridgehead atoms. The van der Waals surface area contributed by atoms with Crippen LogP contribution in [0.4, 0.5) is 0 Å². The summed E-state index contributed by atoms with van der Waals surface area (Å²) in [6.07, 6.45) is 6.70. The molecule has 2 nitrogen and oxygen atoms in total. The minimum absolute atomic E-state index is 1.10. The smallest absolute Gasteiger partial charge is 0.0541 e. The van der Waals surface area contributed by atoms with E-state index < -0.39 is 0 Å². The Labute approximate surface area is 221 Å². The molecule has 1 aliphatic rings. The summed E-state index contributed by atoms with van der Waals surface area (Å²) in [5.74, 6) is 0. The third kappa shape index (κ3) is 3.27. The molecule has 7 aromatic rings. The molecular weight excluding hydrogens is 460 g/mol. The van der Waals surface area contributed by atoms with Crippen LogP contribution in [0.2, 0.25) is 0 Å². The van der Waals surface area contributed by atoms with Gasteiger partial charge in [-0.05, 0) is 89.2 Å². The van der Waals surface area contributed by atoms with Crippen LogP contribution in [-0.4, -0.2) is 9.55 Å². The SMILES string of the molecule is C1=Cc2[nH]c3ccc(-c4ccc5c(c4)c4ccccc4n5-c4cccc(-c5ccccc5)c4)cc3c2CC1. The quantitative estimate of drug-likeness (QED) is 0.257. The fourth-order valence-electron chi connectivity index (χ4n) is 6.17.